The van der Waals surface area contributed by atoms with Crippen molar-refractivity contribution in [3.8, 4) is 0 Å². The van der Waals surface area contributed by atoms with Crippen molar-refractivity contribution in [2.75, 3.05) is 31.7 Å². The Morgan fingerprint density at radius 2 is 2.31 bits per heavy atom. The third kappa shape index (κ3) is 4.16. The lowest BCUT2D eigenvalue weighted by molar-refractivity contribution is 0.0520. The van der Waals surface area contributed by atoms with Crippen LogP contribution in [0.15, 0.2) is 5.38 Å². The van der Waals surface area contributed by atoms with Gasteiger partial charge in [-0.3, -0.25) is 0 Å². The van der Waals surface area contributed by atoms with Gasteiger partial charge in [0.15, 0.2) is 10.8 Å². The monoisotopic (exact) mass is 244 g/mol. The Hall–Kier alpha value is -1.14. The average molecular weight is 244 g/mol. The lowest BCUT2D eigenvalue weighted by atomic mass is 10.5. The van der Waals surface area contributed by atoms with Crippen molar-refractivity contribution in [1.82, 2.24) is 4.98 Å². The number of rotatable bonds is 7. The van der Waals surface area contributed by atoms with Crippen molar-refractivity contribution in [2.45, 2.75) is 13.8 Å². The lowest BCUT2D eigenvalue weighted by Gasteiger charge is -2.01. The number of nitrogens with one attached hydrogen (secondary N) is 1. The fourth-order valence-electron chi connectivity index (χ4n) is 1.03. The van der Waals surface area contributed by atoms with Crippen molar-refractivity contribution >= 4 is 22.4 Å². The predicted molar refractivity (Wildman–Crippen MR) is 63.1 cm³/mol. The molecular weight excluding hydrogens is 228 g/mol. The molecule has 0 amide bonds. The zero-order valence-corrected chi connectivity index (χ0v) is 10.3. The molecule has 5 nitrogen and oxygen atoms in total. The summed E-state index contributed by atoms with van der Waals surface area (Å²) in [7, 11) is 0. The molecule has 90 valence electrons. The summed E-state index contributed by atoms with van der Waals surface area (Å²) in [6.45, 7) is 6.10. The van der Waals surface area contributed by atoms with Crippen molar-refractivity contribution in [2.24, 2.45) is 0 Å². The van der Waals surface area contributed by atoms with E-state index in [0.29, 0.717) is 37.2 Å². The number of carbonyl (C=O) groups excluding carboxylic acids is 1. The molecule has 16 heavy (non-hydrogen) atoms. The molecule has 0 saturated heterocycles. The highest BCUT2D eigenvalue weighted by Gasteiger charge is 2.10. The van der Waals surface area contributed by atoms with Crippen LogP contribution in [0.25, 0.3) is 0 Å². The third-order valence-corrected chi connectivity index (χ3v) is 2.52. The van der Waals surface area contributed by atoms with E-state index in [-0.39, 0.29) is 5.97 Å². The van der Waals surface area contributed by atoms with Gasteiger partial charge in [-0.15, -0.1) is 11.3 Å². The van der Waals surface area contributed by atoms with Crippen LogP contribution in [0, 0.1) is 0 Å². The van der Waals surface area contributed by atoms with Gasteiger partial charge in [0.25, 0.3) is 0 Å². The van der Waals surface area contributed by atoms with E-state index in [1.165, 1.54) is 11.3 Å². The van der Waals surface area contributed by atoms with Gasteiger partial charge in [-0.2, -0.15) is 0 Å². The summed E-state index contributed by atoms with van der Waals surface area (Å²) in [4.78, 5) is 15.4. The predicted octanol–water partition coefficient (Wildman–Crippen LogP) is 1.77. The number of aromatic nitrogens is 1. The summed E-state index contributed by atoms with van der Waals surface area (Å²) in [5.41, 5.74) is 0.353. The largest absolute Gasteiger partial charge is 0.461 e. The molecule has 0 aromatic carbocycles. The fourth-order valence-corrected chi connectivity index (χ4v) is 1.74. The quantitative estimate of drug-likeness (QED) is 0.585. The van der Waals surface area contributed by atoms with Crippen LogP contribution in [0.4, 0.5) is 5.13 Å². The molecule has 0 bridgehead atoms. The summed E-state index contributed by atoms with van der Waals surface area (Å²) in [6, 6.07) is 0. The molecular formula is C10H16N2O3S. The molecule has 0 atom stereocenters. The third-order valence-electron chi connectivity index (χ3n) is 1.72. The van der Waals surface area contributed by atoms with Crippen LogP contribution in [0.1, 0.15) is 24.3 Å². The van der Waals surface area contributed by atoms with Gasteiger partial charge in [0.05, 0.1) is 13.2 Å². The molecule has 1 aromatic heterocycles. The number of hydrogen-bond donors (Lipinski definition) is 1. The maximum Gasteiger partial charge on any atom is 0.357 e. The second kappa shape index (κ2) is 7.19. The zero-order chi connectivity index (χ0) is 11.8. The van der Waals surface area contributed by atoms with E-state index in [4.69, 9.17) is 9.47 Å². The molecule has 1 aromatic rings. The first-order chi connectivity index (χ1) is 7.77. The molecule has 0 spiro atoms. The Kier molecular flexibility index (Phi) is 5.81. The topological polar surface area (TPSA) is 60.5 Å². The summed E-state index contributed by atoms with van der Waals surface area (Å²) >= 11 is 1.38. The van der Waals surface area contributed by atoms with E-state index in [1.54, 1.807) is 12.3 Å². The Labute approximate surface area is 98.8 Å². The summed E-state index contributed by atoms with van der Waals surface area (Å²) < 4.78 is 10.0. The van der Waals surface area contributed by atoms with Crippen molar-refractivity contribution in [1.29, 1.82) is 0 Å². The van der Waals surface area contributed by atoms with Gasteiger partial charge in [-0.05, 0) is 13.8 Å². The minimum absolute atomic E-state index is 0.353. The molecule has 1 N–H and O–H groups in total. The Bertz CT molecular complexity index is 328. The van der Waals surface area contributed by atoms with Crippen molar-refractivity contribution < 1.29 is 14.3 Å². The van der Waals surface area contributed by atoms with Crippen LogP contribution in [0.5, 0.6) is 0 Å². The second-order valence-electron chi connectivity index (χ2n) is 2.88. The maximum absolute atomic E-state index is 11.3. The number of esters is 1. The number of hydrogen-bond acceptors (Lipinski definition) is 6. The minimum atomic E-state index is -0.378. The molecule has 0 aliphatic carbocycles. The smallest absolute Gasteiger partial charge is 0.357 e. The van der Waals surface area contributed by atoms with E-state index in [1.807, 2.05) is 6.92 Å². The van der Waals surface area contributed by atoms with Crippen LogP contribution in [-0.2, 0) is 9.47 Å². The van der Waals surface area contributed by atoms with E-state index >= 15 is 0 Å². The van der Waals surface area contributed by atoms with E-state index in [0.717, 1.165) is 0 Å². The Balaban J connectivity index is 2.36. The van der Waals surface area contributed by atoms with Gasteiger partial charge in [-0.25, -0.2) is 9.78 Å². The SMILES string of the molecule is CCOCCNc1nc(C(=O)OCC)cs1. The molecule has 0 saturated carbocycles. The molecule has 0 unspecified atom stereocenters. The summed E-state index contributed by atoms with van der Waals surface area (Å²) in [5.74, 6) is -0.378. The van der Waals surface area contributed by atoms with Crippen molar-refractivity contribution in [3.05, 3.63) is 11.1 Å². The number of nitrogens with zero attached hydrogens (tertiary/aromatic N) is 1. The summed E-state index contributed by atoms with van der Waals surface area (Å²) in [5, 5.41) is 5.46. The number of carbonyl (C=O) groups is 1. The highest BCUT2D eigenvalue weighted by molar-refractivity contribution is 7.13. The molecule has 0 fully saturated rings. The lowest BCUT2D eigenvalue weighted by Crippen LogP contribution is -2.10. The van der Waals surface area contributed by atoms with E-state index in [2.05, 4.69) is 10.3 Å². The van der Waals surface area contributed by atoms with Crippen LogP contribution in [0.3, 0.4) is 0 Å². The van der Waals surface area contributed by atoms with Gasteiger partial charge in [-0.1, -0.05) is 0 Å². The Morgan fingerprint density at radius 3 is 3.00 bits per heavy atom. The molecule has 6 heteroatoms. The highest BCUT2D eigenvalue weighted by Crippen LogP contribution is 2.15. The fraction of sp³-hybridized carbons (Fsp3) is 0.600. The van der Waals surface area contributed by atoms with Gasteiger partial charge in [0.1, 0.15) is 0 Å². The molecule has 0 radical (unpaired) electrons. The van der Waals surface area contributed by atoms with Crippen LogP contribution in [0.2, 0.25) is 0 Å². The average Bonchev–Trinajstić information content (AvgIpc) is 2.73. The van der Waals surface area contributed by atoms with Gasteiger partial charge < -0.3 is 14.8 Å². The first kappa shape index (κ1) is 12.9. The van der Waals surface area contributed by atoms with E-state index < -0.39 is 0 Å². The van der Waals surface area contributed by atoms with E-state index in [9.17, 15) is 4.79 Å². The second-order valence-corrected chi connectivity index (χ2v) is 3.74. The van der Waals surface area contributed by atoms with Crippen LogP contribution in [-0.4, -0.2) is 37.3 Å². The molecule has 1 heterocycles. The normalized spacial score (nSPS) is 10.1. The van der Waals surface area contributed by atoms with Crippen LogP contribution < -0.4 is 5.32 Å². The number of ether oxygens (including phenoxy) is 2. The van der Waals surface area contributed by atoms with Gasteiger partial charge in [0.2, 0.25) is 0 Å². The number of anilines is 1. The van der Waals surface area contributed by atoms with Gasteiger partial charge >= 0.3 is 5.97 Å². The van der Waals surface area contributed by atoms with Crippen molar-refractivity contribution in [3.63, 3.8) is 0 Å². The van der Waals surface area contributed by atoms with Gasteiger partial charge in [0, 0.05) is 18.5 Å². The first-order valence-corrected chi connectivity index (χ1v) is 6.10. The first-order valence-electron chi connectivity index (χ1n) is 5.22. The Morgan fingerprint density at radius 1 is 1.50 bits per heavy atom. The highest BCUT2D eigenvalue weighted by atomic mass is 32.1. The molecule has 0 aliphatic heterocycles. The number of thiazole rings is 1. The minimum Gasteiger partial charge on any atom is -0.461 e. The summed E-state index contributed by atoms with van der Waals surface area (Å²) in [6.07, 6.45) is 0. The molecule has 1 rings (SSSR count). The maximum atomic E-state index is 11.3. The molecule has 0 aliphatic rings. The van der Waals surface area contributed by atoms with Crippen LogP contribution >= 0.6 is 11.3 Å². The zero-order valence-electron chi connectivity index (χ0n) is 9.49. The standard InChI is InChI=1S/C10H16N2O3S/c1-3-14-6-5-11-10-12-8(7-16-10)9(13)15-4-2/h7H,3-6H2,1-2H3,(H,11,12).